The Hall–Kier alpha value is -1.58. The molecule has 0 aliphatic rings. The van der Waals surface area contributed by atoms with E-state index < -0.39 is 11.9 Å². The normalized spacial score (nSPS) is 10.8. The third kappa shape index (κ3) is 4.79. The van der Waals surface area contributed by atoms with Gasteiger partial charge in [0.25, 0.3) is 0 Å². The molecule has 0 aliphatic carbocycles. The molecule has 4 heteroatoms. The molecule has 0 bridgehead atoms. The molecule has 0 aromatic heterocycles. The quantitative estimate of drug-likeness (QED) is 0.404. The molecule has 13 heavy (non-hydrogen) atoms. The summed E-state index contributed by atoms with van der Waals surface area (Å²) in [4.78, 5) is 21.3. The Bertz CT molecular complexity index is 263. The summed E-state index contributed by atoms with van der Waals surface area (Å²) in [5, 5.41) is 8.46. The highest BCUT2D eigenvalue weighted by Crippen LogP contribution is 2.07. The Morgan fingerprint density at radius 1 is 1.54 bits per heavy atom. The molecular weight excluding hydrogens is 172 g/mol. The summed E-state index contributed by atoms with van der Waals surface area (Å²) in [7, 11) is 1.20. The number of rotatable bonds is 4. The van der Waals surface area contributed by atoms with E-state index in [0.29, 0.717) is 5.57 Å². The van der Waals surface area contributed by atoms with Gasteiger partial charge >= 0.3 is 11.9 Å². The van der Waals surface area contributed by atoms with Crippen LogP contribution in [0.25, 0.3) is 0 Å². The number of ether oxygens (including phenoxy) is 1. The van der Waals surface area contributed by atoms with Crippen molar-refractivity contribution in [1.82, 2.24) is 0 Å². The van der Waals surface area contributed by atoms with Crippen LogP contribution in [0.15, 0.2) is 23.8 Å². The van der Waals surface area contributed by atoms with Crippen molar-refractivity contribution in [2.24, 2.45) is 0 Å². The first-order valence-corrected chi connectivity index (χ1v) is 3.63. The van der Waals surface area contributed by atoms with Gasteiger partial charge in [-0.05, 0) is 13.0 Å². The van der Waals surface area contributed by atoms with Gasteiger partial charge in [-0.3, -0.25) is 4.79 Å². The SMILES string of the molecule is C=C(C)/C=C(\CC(=O)O)C(=O)OC. The van der Waals surface area contributed by atoms with Crippen molar-refractivity contribution in [2.75, 3.05) is 7.11 Å². The van der Waals surface area contributed by atoms with Crippen LogP contribution in [0, 0.1) is 0 Å². The molecule has 4 nitrogen and oxygen atoms in total. The highest BCUT2D eigenvalue weighted by Gasteiger charge is 2.12. The van der Waals surface area contributed by atoms with Gasteiger partial charge in [0, 0.05) is 5.57 Å². The van der Waals surface area contributed by atoms with Crippen LogP contribution in [0.5, 0.6) is 0 Å². The van der Waals surface area contributed by atoms with Crippen LogP contribution >= 0.6 is 0 Å². The largest absolute Gasteiger partial charge is 0.481 e. The monoisotopic (exact) mass is 184 g/mol. The predicted octanol–water partition coefficient (Wildman–Crippen LogP) is 1.14. The molecule has 0 unspecified atom stereocenters. The summed E-state index contributed by atoms with van der Waals surface area (Å²) in [6, 6.07) is 0. The summed E-state index contributed by atoms with van der Waals surface area (Å²) >= 11 is 0. The van der Waals surface area contributed by atoms with E-state index in [4.69, 9.17) is 5.11 Å². The van der Waals surface area contributed by atoms with Gasteiger partial charge in [-0.15, -0.1) is 0 Å². The summed E-state index contributed by atoms with van der Waals surface area (Å²) in [5.41, 5.74) is 0.712. The predicted molar refractivity (Wildman–Crippen MR) is 47.2 cm³/mol. The second kappa shape index (κ2) is 5.13. The summed E-state index contributed by atoms with van der Waals surface area (Å²) in [5.74, 6) is -1.71. The number of esters is 1. The van der Waals surface area contributed by atoms with Crippen molar-refractivity contribution in [3.8, 4) is 0 Å². The average molecular weight is 184 g/mol. The van der Waals surface area contributed by atoms with E-state index >= 15 is 0 Å². The number of aliphatic carboxylic acids is 1. The molecule has 0 rings (SSSR count). The number of carboxylic acids is 1. The molecule has 0 fully saturated rings. The third-order valence-electron chi connectivity index (χ3n) is 1.21. The van der Waals surface area contributed by atoms with Gasteiger partial charge in [-0.1, -0.05) is 12.2 Å². The molecule has 0 aromatic rings. The van der Waals surface area contributed by atoms with Gasteiger partial charge in [0.15, 0.2) is 0 Å². The van der Waals surface area contributed by atoms with Crippen LogP contribution in [-0.4, -0.2) is 24.2 Å². The maximum atomic E-state index is 11.0. The number of allylic oxidation sites excluding steroid dienone is 2. The number of hydrogen-bond acceptors (Lipinski definition) is 3. The van der Waals surface area contributed by atoms with Crippen molar-refractivity contribution in [3.05, 3.63) is 23.8 Å². The molecule has 0 saturated carbocycles. The van der Waals surface area contributed by atoms with Gasteiger partial charge in [0.1, 0.15) is 0 Å². The Morgan fingerprint density at radius 3 is 2.38 bits per heavy atom. The maximum Gasteiger partial charge on any atom is 0.334 e. The molecule has 0 radical (unpaired) electrons. The van der Waals surface area contributed by atoms with E-state index in [1.165, 1.54) is 13.2 Å². The molecule has 0 aliphatic heterocycles. The molecule has 0 spiro atoms. The topological polar surface area (TPSA) is 63.6 Å². The molecular formula is C9H12O4. The number of carboxylic acid groups (broad SMARTS) is 1. The van der Waals surface area contributed by atoms with E-state index in [-0.39, 0.29) is 12.0 Å². The number of carbonyl (C=O) groups is 2. The van der Waals surface area contributed by atoms with E-state index in [9.17, 15) is 9.59 Å². The maximum absolute atomic E-state index is 11.0. The Balaban J connectivity index is 4.65. The van der Waals surface area contributed by atoms with Crippen molar-refractivity contribution >= 4 is 11.9 Å². The average Bonchev–Trinajstić information content (AvgIpc) is 2.00. The second-order valence-electron chi connectivity index (χ2n) is 2.58. The zero-order valence-electron chi connectivity index (χ0n) is 7.66. The fraction of sp³-hybridized carbons (Fsp3) is 0.333. The van der Waals surface area contributed by atoms with Crippen LogP contribution in [-0.2, 0) is 14.3 Å². The Labute approximate surface area is 76.5 Å². The lowest BCUT2D eigenvalue weighted by Gasteiger charge is -2.01. The van der Waals surface area contributed by atoms with Gasteiger partial charge < -0.3 is 9.84 Å². The number of hydrogen-bond donors (Lipinski definition) is 1. The highest BCUT2D eigenvalue weighted by molar-refractivity contribution is 5.93. The van der Waals surface area contributed by atoms with Crippen LogP contribution in [0.1, 0.15) is 13.3 Å². The van der Waals surface area contributed by atoms with E-state index in [2.05, 4.69) is 11.3 Å². The fourth-order valence-corrected chi connectivity index (χ4v) is 0.774. The van der Waals surface area contributed by atoms with Gasteiger partial charge in [-0.2, -0.15) is 0 Å². The number of carbonyl (C=O) groups excluding carboxylic acids is 1. The molecule has 0 amide bonds. The fourth-order valence-electron chi connectivity index (χ4n) is 0.774. The van der Waals surface area contributed by atoms with Gasteiger partial charge in [0.2, 0.25) is 0 Å². The number of methoxy groups -OCH3 is 1. The van der Waals surface area contributed by atoms with Gasteiger partial charge in [-0.25, -0.2) is 4.79 Å². The third-order valence-corrected chi connectivity index (χ3v) is 1.21. The van der Waals surface area contributed by atoms with Crippen molar-refractivity contribution in [3.63, 3.8) is 0 Å². The molecule has 0 saturated heterocycles. The summed E-state index contributed by atoms with van der Waals surface area (Å²) < 4.78 is 4.40. The molecule has 72 valence electrons. The first-order valence-electron chi connectivity index (χ1n) is 3.63. The standard InChI is InChI=1S/C9H12O4/c1-6(2)4-7(5-8(10)11)9(12)13-3/h4H,1,5H2,2-3H3,(H,10,11)/b7-4+. The van der Waals surface area contributed by atoms with E-state index in [0.717, 1.165) is 0 Å². The molecule has 0 atom stereocenters. The summed E-state index contributed by atoms with van der Waals surface area (Å²) in [6.07, 6.45) is 1.06. The lowest BCUT2D eigenvalue weighted by Crippen LogP contribution is -2.09. The molecule has 0 aromatic carbocycles. The van der Waals surface area contributed by atoms with Crippen LogP contribution < -0.4 is 0 Å². The molecule has 1 N–H and O–H groups in total. The first-order chi connectivity index (χ1) is 5.97. The minimum atomic E-state index is -1.07. The Kier molecular flexibility index (Phi) is 4.51. The molecule has 0 heterocycles. The minimum absolute atomic E-state index is 0.0995. The lowest BCUT2D eigenvalue weighted by molar-refractivity contribution is -0.141. The summed E-state index contributed by atoms with van der Waals surface area (Å²) in [6.45, 7) is 5.21. The highest BCUT2D eigenvalue weighted by atomic mass is 16.5. The Morgan fingerprint density at radius 2 is 2.08 bits per heavy atom. The van der Waals surface area contributed by atoms with Crippen LogP contribution in [0.3, 0.4) is 0 Å². The van der Waals surface area contributed by atoms with Crippen molar-refractivity contribution < 1.29 is 19.4 Å². The lowest BCUT2D eigenvalue weighted by atomic mass is 10.1. The van der Waals surface area contributed by atoms with E-state index in [1.54, 1.807) is 6.92 Å². The van der Waals surface area contributed by atoms with Crippen LogP contribution in [0.2, 0.25) is 0 Å². The van der Waals surface area contributed by atoms with Crippen LogP contribution in [0.4, 0.5) is 0 Å². The van der Waals surface area contributed by atoms with Crippen molar-refractivity contribution in [1.29, 1.82) is 0 Å². The first kappa shape index (κ1) is 11.4. The van der Waals surface area contributed by atoms with Crippen molar-refractivity contribution in [2.45, 2.75) is 13.3 Å². The zero-order chi connectivity index (χ0) is 10.4. The minimum Gasteiger partial charge on any atom is -0.481 e. The van der Waals surface area contributed by atoms with Gasteiger partial charge in [0.05, 0.1) is 13.5 Å². The zero-order valence-corrected chi connectivity index (χ0v) is 7.66. The smallest absolute Gasteiger partial charge is 0.334 e. The second-order valence-corrected chi connectivity index (χ2v) is 2.58. The van der Waals surface area contributed by atoms with E-state index in [1.807, 2.05) is 0 Å².